The molecule has 1 aliphatic carbocycles. The standard InChI is InChI=1S/C22H24N4OS/c1-2-15-5-6-18-19(8-15)28-21(25-18)26(12-16-4-3-7-23-11-16)20(27)17-9-22(10-17)13-24-14-22/h3-8,11,17,24H,2,9-10,12-14H2,1H3. The highest BCUT2D eigenvalue weighted by Crippen LogP contribution is 2.49. The van der Waals surface area contributed by atoms with Gasteiger partial charge < -0.3 is 5.32 Å². The Morgan fingerprint density at radius 2 is 2.14 bits per heavy atom. The molecule has 1 N–H and O–H groups in total. The number of carbonyl (C=O) groups is 1. The third-order valence-corrected chi connectivity index (χ3v) is 7.16. The molecule has 3 heterocycles. The van der Waals surface area contributed by atoms with Gasteiger partial charge in [-0.3, -0.25) is 14.7 Å². The van der Waals surface area contributed by atoms with Crippen LogP contribution in [0.5, 0.6) is 0 Å². The minimum absolute atomic E-state index is 0.108. The molecule has 1 aliphatic heterocycles. The lowest BCUT2D eigenvalue weighted by Crippen LogP contribution is -2.62. The predicted octanol–water partition coefficient (Wildman–Crippen LogP) is 3.79. The van der Waals surface area contributed by atoms with Gasteiger partial charge in [-0.2, -0.15) is 0 Å². The molecule has 1 amide bonds. The fourth-order valence-corrected chi connectivity index (χ4v) is 5.39. The van der Waals surface area contributed by atoms with Crippen LogP contribution in [0.1, 0.15) is 30.9 Å². The van der Waals surface area contributed by atoms with Crippen molar-refractivity contribution in [2.75, 3.05) is 18.0 Å². The maximum atomic E-state index is 13.4. The van der Waals surface area contributed by atoms with Crippen LogP contribution in [0.25, 0.3) is 10.2 Å². The van der Waals surface area contributed by atoms with E-state index >= 15 is 0 Å². The van der Waals surface area contributed by atoms with Crippen LogP contribution in [-0.4, -0.2) is 29.0 Å². The summed E-state index contributed by atoms with van der Waals surface area (Å²) in [5, 5.41) is 4.15. The van der Waals surface area contributed by atoms with E-state index in [4.69, 9.17) is 4.98 Å². The maximum Gasteiger partial charge on any atom is 0.232 e. The second-order valence-electron chi connectivity index (χ2n) is 8.15. The number of amides is 1. The van der Waals surface area contributed by atoms with E-state index in [1.807, 2.05) is 23.2 Å². The molecule has 2 aliphatic rings. The Kier molecular flexibility index (Phi) is 4.40. The number of hydrogen-bond donors (Lipinski definition) is 1. The molecule has 0 atom stereocenters. The lowest BCUT2D eigenvalue weighted by Gasteiger charge is -2.54. The molecule has 144 valence electrons. The number of thiazole rings is 1. The normalized spacial score (nSPS) is 18.0. The highest BCUT2D eigenvalue weighted by molar-refractivity contribution is 7.22. The van der Waals surface area contributed by atoms with E-state index in [0.717, 1.165) is 53.3 Å². The first-order valence-electron chi connectivity index (χ1n) is 9.96. The Morgan fingerprint density at radius 3 is 2.82 bits per heavy atom. The Hall–Kier alpha value is -2.31. The zero-order chi connectivity index (χ0) is 19.1. The number of aryl methyl sites for hydroxylation is 1. The third kappa shape index (κ3) is 3.10. The number of benzene rings is 1. The minimum Gasteiger partial charge on any atom is -0.316 e. The molecule has 1 saturated carbocycles. The van der Waals surface area contributed by atoms with E-state index in [0.29, 0.717) is 12.0 Å². The molecule has 1 spiro atoms. The van der Waals surface area contributed by atoms with E-state index in [2.05, 4.69) is 35.4 Å². The third-order valence-electron chi connectivity index (χ3n) is 6.12. The second kappa shape index (κ2) is 6.94. The van der Waals surface area contributed by atoms with Crippen molar-refractivity contribution in [1.29, 1.82) is 0 Å². The van der Waals surface area contributed by atoms with Gasteiger partial charge in [0.25, 0.3) is 0 Å². The van der Waals surface area contributed by atoms with E-state index in [-0.39, 0.29) is 11.8 Å². The van der Waals surface area contributed by atoms with E-state index < -0.39 is 0 Å². The average Bonchev–Trinajstić information content (AvgIpc) is 3.07. The van der Waals surface area contributed by atoms with Crippen LogP contribution in [-0.2, 0) is 17.8 Å². The van der Waals surface area contributed by atoms with Gasteiger partial charge in [0.1, 0.15) is 0 Å². The maximum absolute atomic E-state index is 13.4. The highest BCUT2D eigenvalue weighted by Gasteiger charge is 2.52. The second-order valence-corrected chi connectivity index (χ2v) is 9.16. The van der Waals surface area contributed by atoms with Gasteiger partial charge in [0.15, 0.2) is 5.13 Å². The Morgan fingerprint density at radius 1 is 1.29 bits per heavy atom. The van der Waals surface area contributed by atoms with Crippen LogP contribution in [0, 0.1) is 11.3 Å². The molecule has 0 bridgehead atoms. The number of aromatic nitrogens is 2. The number of pyridine rings is 1. The quantitative estimate of drug-likeness (QED) is 0.718. The van der Waals surface area contributed by atoms with Gasteiger partial charge in [-0.15, -0.1) is 0 Å². The number of fused-ring (bicyclic) bond motifs is 1. The minimum atomic E-state index is 0.108. The highest BCUT2D eigenvalue weighted by atomic mass is 32.1. The average molecular weight is 393 g/mol. The van der Waals surface area contributed by atoms with Crippen molar-refractivity contribution in [3.8, 4) is 0 Å². The number of nitrogens with one attached hydrogen (secondary N) is 1. The summed E-state index contributed by atoms with van der Waals surface area (Å²) in [5.41, 5.74) is 3.67. The predicted molar refractivity (Wildman–Crippen MR) is 112 cm³/mol. The van der Waals surface area contributed by atoms with Gasteiger partial charge in [-0.05, 0) is 54.0 Å². The Labute approximate surface area is 168 Å². The van der Waals surface area contributed by atoms with Crippen LogP contribution in [0.15, 0.2) is 42.7 Å². The first kappa shape index (κ1) is 17.8. The fraction of sp³-hybridized carbons (Fsp3) is 0.409. The van der Waals surface area contributed by atoms with Crippen LogP contribution >= 0.6 is 11.3 Å². The molecule has 5 nitrogen and oxygen atoms in total. The Bertz CT molecular complexity index is 1000. The number of carbonyl (C=O) groups excluding carboxylic acids is 1. The first-order chi connectivity index (χ1) is 13.7. The van der Waals surface area contributed by atoms with Crippen molar-refractivity contribution in [2.24, 2.45) is 11.3 Å². The van der Waals surface area contributed by atoms with Gasteiger partial charge in [-0.25, -0.2) is 4.98 Å². The van der Waals surface area contributed by atoms with Crippen LogP contribution in [0.4, 0.5) is 5.13 Å². The molecule has 1 saturated heterocycles. The monoisotopic (exact) mass is 392 g/mol. The van der Waals surface area contributed by atoms with Gasteiger partial charge in [0, 0.05) is 31.4 Å². The van der Waals surface area contributed by atoms with Crippen LogP contribution < -0.4 is 10.2 Å². The molecule has 28 heavy (non-hydrogen) atoms. The van der Waals surface area contributed by atoms with E-state index in [1.54, 1.807) is 17.5 Å². The summed E-state index contributed by atoms with van der Waals surface area (Å²) in [7, 11) is 0. The van der Waals surface area contributed by atoms with Crippen molar-refractivity contribution in [3.63, 3.8) is 0 Å². The molecule has 0 radical (unpaired) electrons. The molecular weight excluding hydrogens is 368 g/mol. The van der Waals surface area contributed by atoms with Crippen molar-refractivity contribution in [1.82, 2.24) is 15.3 Å². The molecule has 2 aromatic heterocycles. The summed E-state index contributed by atoms with van der Waals surface area (Å²) in [4.78, 5) is 24.3. The zero-order valence-corrected chi connectivity index (χ0v) is 16.8. The SMILES string of the molecule is CCc1ccc2nc(N(Cc3cccnc3)C(=O)C3CC4(CNC4)C3)sc2c1. The smallest absolute Gasteiger partial charge is 0.232 e. The summed E-state index contributed by atoms with van der Waals surface area (Å²) in [5.74, 6) is 0.313. The number of rotatable bonds is 5. The topological polar surface area (TPSA) is 58.1 Å². The molecule has 3 aromatic rings. The summed E-state index contributed by atoms with van der Waals surface area (Å²) in [6.07, 6.45) is 6.58. The van der Waals surface area contributed by atoms with Gasteiger partial charge >= 0.3 is 0 Å². The van der Waals surface area contributed by atoms with E-state index in [1.165, 1.54) is 5.56 Å². The van der Waals surface area contributed by atoms with E-state index in [9.17, 15) is 4.79 Å². The molecule has 1 aromatic carbocycles. The van der Waals surface area contributed by atoms with Gasteiger partial charge in [0.05, 0.1) is 16.8 Å². The first-order valence-corrected chi connectivity index (χ1v) is 10.8. The summed E-state index contributed by atoms with van der Waals surface area (Å²) >= 11 is 1.62. The lowest BCUT2D eigenvalue weighted by atomic mass is 9.58. The number of anilines is 1. The molecule has 0 unspecified atom stereocenters. The lowest BCUT2D eigenvalue weighted by molar-refractivity contribution is -0.132. The van der Waals surface area contributed by atoms with Crippen LogP contribution in [0.3, 0.4) is 0 Å². The van der Waals surface area contributed by atoms with Gasteiger partial charge in [-0.1, -0.05) is 30.4 Å². The molecule has 5 rings (SSSR count). The zero-order valence-electron chi connectivity index (χ0n) is 16.0. The van der Waals surface area contributed by atoms with Gasteiger partial charge in [0.2, 0.25) is 5.91 Å². The van der Waals surface area contributed by atoms with Crippen molar-refractivity contribution >= 4 is 32.6 Å². The summed E-state index contributed by atoms with van der Waals surface area (Å²) in [6, 6.07) is 10.3. The van der Waals surface area contributed by atoms with Crippen LogP contribution in [0.2, 0.25) is 0 Å². The molecular formula is C22H24N4OS. The number of nitrogens with zero attached hydrogens (tertiary/aromatic N) is 3. The molecule has 2 fully saturated rings. The summed E-state index contributed by atoms with van der Waals surface area (Å²) in [6.45, 7) is 4.79. The summed E-state index contributed by atoms with van der Waals surface area (Å²) < 4.78 is 1.15. The van der Waals surface area contributed by atoms with Crippen molar-refractivity contribution in [2.45, 2.75) is 32.7 Å². The molecule has 6 heteroatoms. The fourth-order valence-electron chi connectivity index (χ4n) is 4.35. The van der Waals surface area contributed by atoms with Crippen molar-refractivity contribution in [3.05, 3.63) is 53.9 Å². The largest absolute Gasteiger partial charge is 0.316 e. The number of hydrogen-bond acceptors (Lipinski definition) is 5. The van der Waals surface area contributed by atoms with Crippen molar-refractivity contribution < 1.29 is 4.79 Å². The Balaban J connectivity index is 1.45.